The SMILES string of the molecule is C=CCOc1ccccc1CN=C(NCC)NCCC(=O)NCc1ccccc1. The van der Waals surface area contributed by atoms with Crippen molar-refractivity contribution in [2.75, 3.05) is 19.7 Å². The summed E-state index contributed by atoms with van der Waals surface area (Å²) < 4.78 is 5.67. The highest BCUT2D eigenvalue weighted by Crippen LogP contribution is 2.18. The first-order valence-corrected chi connectivity index (χ1v) is 9.87. The van der Waals surface area contributed by atoms with Gasteiger partial charge in [-0.25, -0.2) is 4.99 Å². The van der Waals surface area contributed by atoms with E-state index in [4.69, 9.17) is 4.74 Å². The van der Waals surface area contributed by atoms with Crippen LogP contribution < -0.4 is 20.7 Å². The van der Waals surface area contributed by atoms with E-state index in [0.29, 0.717) is 38.6 Å². The number of carbonyl (C=O) groups excluding carboxylic acids is 1. The van der Waals surface area contributed by atoms with Crippen molar-refractivity contribution in [1.29, 1.82) is 0 Å². The molecule has 0 atom stereocenters. The molecule has 29 heavy (non-hydrogen) atoms. The molecule has 0 aliphatic rings. The van der Waals surface area contributed by atoms with E-state index in [9.17, 15) is 4.79 Å². The van der Waals surface area contributed by atoms with Gasteiger partial charge in [-0.3, -0.25) is 4.79 Å². The van der Waals surface area contributed by atoms with Gasteiger partial charge < -0.3 is 20.7 Å². The number of nitrogens with zero attached hydrogens (tertiary/aromatic N) is 1. The maximum Gasteiger partial charge on any atom is 0.222 e. The van der Waals surface area contributed by atoms with Gasteiger partial charge in [0, 0.05) is 31.6 Å². The normalized spacial score (nSPS) is 10.9. The first-order chi connectivity index (χ1) is 14.2. The van der Waals surface area contributed by atoms with Crippen molar-refractivity contribution in [3.63, 3.8) is 0 Å². The van der Waals surface area contributed by atoms with Gasteiger partial charge in [-0.05, 0) is 18.6 Å². The molecular formula is C23H30N4O2. The predicted octanol–water partition coefficient (Wildman–Crippen LogP) is 3.01. The van der Waals surface area contributed by atoms with Gasteiger partial charge in [-0.15, -0.1) is 0 Å². The molecule has 0 saturated heterocycles. The second-order valence-corrected chi connectivity index (χ2v) is 6.34. The van der Waals surface area contributed by atoms with Gasteiger partial charge in [0.05, 0.1) is 6.54 Å². The summed E-state index contributed by atoms with van der Waals surface area (Å²) >= 11 is 0. The third kappa shape index (κ3) is 8.51. The quantitative estimate of drug-likeness (QED) is 0.311. The third-order valence-electron chi connectivity index (χ3n) is 4.06. The van der Waals surface area contributed by atoms with Crippen LogP contribution in [0.15, 0.2) is 72.2 Å². The zero-order valence-corrected chi connectivity index (χ0v) is 17.0. The van der Waals surface area contributed by atoms with Crippen LogP contribution in [0.25, 0.3) is 0 Å². The van der Waals surface area contributed by atoms with Gasteiger partial charge in [0.2, 0.25) is 5.91 Å². The van der Waals surface area contributed by atoms with Crippen molar-refractivity contribution in [3.05, 3.63) is 78.4 Å². The fourth-order valence-corrected chi connectivity index (χ4v) is 2.61. The molecule has 1 amide bonds. The average Bonchev–Trinajstić information content (AvgIpc) is 2.76. The van der Waals surface area contributed by atoms with Gasteiger partial charge in [0.25, 0.3) is 0 Å². The highest BCUT2D eigenvalue weighted by molar-refractivity contribution is 5.81. The second kappa shape index (κ2) is 13.0. The molecule has 0 saturated carbocycles. The number of hydrogen-bond donors (Lipinski definition) is 3. The van der Waals surface area contributed by atoms with Crippen molar-refractivity contribution in [2.45, 2.75) is 26.4 Å². The molecule has 2 rings (SSSR count). The minimum Gasteiger partial charge on any atom is -0.489 e. The lowest BCUT2D eigenvalue weighted by Crippen LogP contribution is -2.39. The summed E-state index contributed by atoms with van der Waals surface area (Å²) in [4.78, 5) is 16.6. The van der Waals surface area contributed by atoms with Crippen LogP contribution >= 0.6 is 0 Å². The van der Waals surface area contributed by atoms with Crippen LogP contribution in [0.1, 0.15) is 24.5 Å². The molecule has 0 bridgehead atoms. The molecule has 3 N–H and O–H groups in total. The van der Waals surface area contributed by atoms with E-state index in [2.05, 4.69) is 27.5 Å². The Morgan fingerprint density at radius 1 is 1.07 bits per heavy atom. The number of para-hydroxylation sites is 1. The summed E-state index contributed by atoms with van der Waals surface area (Å²) in [6.07, 6.45) is 2.09. The monoisotopic (exact) mass is 394 g/mol. The fourth-order valence-electron chi connectivity index (χ4n) is 2.61. The van der Waals surface area contributed by atoms with Crippen molar-refractivity contribution < 1.29 is 9.53 Å². The van der Waals surface area contributed by atoms with Gasteiger partial charge in [0.1, 0.15) is 12.4 Å². The number of benzene rings is 2. The minimum atomic E-state index is 0.000345. The number of amides is 1. The topological polar surface area (TPSA) is 74.8 Å². The second-order valence-electron chi connectivity index (χ2n) is 6.34. The Morgan fingerprint density at radius 3 is 2.59 bits per heavy atom. The molecule has 2 aromatic rings. The van der Waals surface area contributed by atoms with Crippen LogP contribution in [0.4, 0.5) is 0 Å². The van der Waals surface area contributed by atoms with Crippen molar-refractivity contribution in [3.8, 4) is 5.75 Å². The van der Waals surface area contributed by atoms with Crippen molar-refractivity contribution >= 4 is 11.9 Å². The zero-order chi connectivity index (χ0) is 20.7. The van der Waals surface area contributed by atoms with Crippen LogP contribution in [0, 0.1) is 0 Å². The lowest BCUT2D eigenvalue weighted by molar-refractivity contribution is -0.121. The molecule has 0 aromatic heterocycles. The minimum absolute atomic E-state index is 0.000345. The Labute approximate surface area is 173 Å². The molecule has 0 fully saturated rings. The highest BCUT2D eigenvalue weighted by Gasteiger charge is 2.05. The van der Waals surface area contributed by atoms with Crippen LogP contribution in [-0.2, 0) is 17.9 Å². The summed E-state index contributed by atoms with van der Waals surface area (Å²) in [6.45, 7) is 8.39. The lowest BCUT2D eigenvalue weighted by Gasteiger charge is -2.13. The van der Waals surface area contributed by atoms with Gasteiger partial charge >= 0.3 is 0 Å². The number of rotatable bonds is 11. The van der Waals surface area contributed by atoms with Gasteiger partial charge in [-0.2, -0.15) is 0 Å². The van der Waals surface area contributed by atoms with E-state index in [1.807, 2.05) is 61.5 Å². The molecule has 6 heteroatoms. The number of aliphatic imine (C=N–C) groups is 1. The molecule has 6 nitrogen and oxygen atoms in total. The Hall–Kier alpha value is -3.28. The highest BCUT2D eigenvalue weighted by atomic mass is 16.5. The van der Waals surface area contributed by atoms with Gasteiger partial charge in [-0.1, -0.05) is 61.2 Å². The van der Waals surface area contributed by atoms with Crippen molar-refractivity contribution in [1.82, 2.24) is 16.0 Å². The van der Waals surface area contributed by atoms with E-state index >= 15 is 0 Å². The Bertz CT molecular complexity index is 790. The molecule has 0 aliphatic carbocycles. The van der Waals surface area contributed by atoms with Crippen molar-refractivity contribution in [2.24, 2.45) is 4.99 Å². The van der Waals surface area contributed by atoms with E-state index < -0.39 is 0 Å². The van der Waals surface area contributed by atoms with Crippen LogP contribution in [0.5, 0.6) is 5.75 Å². The summed E-state index contributed by atoms with van der Waals surface area (Å²) in [5.74, 6) is 1.47. The Kier molecular flexibility index (Phi) is 9.86. The van der Waals surface area contributed by atoms with E-state index in [1.165, 1.54) is 0 Å². The smallest absolute Gasteiger partial charge is 0.222 e. The molecular weight excluding hydrogens is 364 g/mol. The average molecular weight is 395 g/mol. The molecule has 0 spiro atoms. The third-order valence-corrected chi connectivity index (χ3v) is 4.06. The zero-order valence-electron chi connectivity index (χ0n) is 17.0. The van der Waals surface area contributed by atoms with E-state index in [-0.39, 0.29) is 5.91 Å². The lowest BCUT2D eigenvalue weighted by atomic mass is 10.2. The largest absolute Gasteiger partial charge is 0.489 e. The maximum absolute atomic E-state index is 12.0. The molecule has 0 radical (unpaired) electrons. The van der Waals surface area contributed by atoms with Crippen LogP contribution in [0.3, 0.4) is 0 Å². The van der Waals surface area contributed by atoms with E-state index in [0.717, 1.165) is 23.4 Å². The summed E-state index contributed by atoms with van der Waals surface area (Å²) in [5.41, 5.74) is 2.08. The first-order valence-electron chi connectivity index (χ1n) is 9.87. The predicted molar refractivity (Wildman–Crippen MR) is 118 cm³/mol. The van der Waals surface area contributed by atoms with E-state index in [1.54, 1.807) is 6.08 Å². The molecule has 0 unspecified atom stereocenters. The number of nitrogens with one attached hydrogen (secondary N) is 3. The Morgan fingerprint density at radius 2 is 1.83 bits per heavy atom. The Balaban J connectivity index is 1.81. The number of carbonyl (C=O) groups is 1. The molecule has 2 aromatic carbocycles. The van der Waals surface area contributed by atoms with Crippen LogP contribution in [-0.4, -0.2) is 31.6 Å². The summed E-state index contributed by atoms with van der Waals surface area (Å²) in [5, 5.41) is 9.33. The number of hydrogen-bond acceptors (Lipinski definition) is 3. The first kappa shape index (κ1) is 22.0. The summed E-state index contributed by atoms with van der Waals surface area (Å²) in [7, 11) is 0. The molecule has 154 valence electrons. The fraction of sp³-hybridized carbons (Fsp3) is 0.304. The van der Waals surface area contributed by atoms with Crippen LogP contribution in [0.2, 0.25) is 0 Å². The van der Waals surface area contributed by atoms with Gasteiger partial charge in [0.15, 0.2) is 5.96 Å². The number of ether oxygens (including phenoxy) is 1. The standard InChI is InChI=1S/C23H30N4O2/c1-3-16-29-21-13-9-8-12-20(21)18-27-23(24-4-2)25-15-14-22(28)26-17-19-10-6-5-7-11-19/h3,5-13H,1,4,14-18H2,2H3,(H,26,28)(H2,24,25,27). The summed E-state index contributed by atoms with van der Waals surface area (Å²) in [6, 6.07) is 17.7. The molecule has 0 aliphatic heterocycles. The molecule has 0 heterocycles. The maximum atomic E-state index is 12.0. The number of guanidine groups is 1.